The molecule has 5 heteroatoms. The minimum Gasteiger partial charge on any atom is -0.368 e. The third kappa shape index (κ3) is 2.47. The highest BCUT2D eigenvalue weighted by atomic mass is 16.2. The molecule has 0 spiro atoms. The Balaban J connectivity index is 1.63. The van der Waals surface area contributed by atoms with Gasteiger partial charge in [-0.2, -0.15) is 0 Å². The molecule has 0 radical (unpaired) electrons. The first-order chi connectivity index (χ1) is 10.3. The van der Waals surface area contributed by atoms with Gasteiger partial charge in [0.05, 0.1) is 11.9 Å². The van der Waals surface area contributed by atoms with Gasteiger partial charge in [0.2, 0.25) is 5.91 Å². The van der Waals surface area contributed by atoms with Crippen LogP contribution in [0, 0.1) is 16.7 Å². The van der Waals surface area contributed by atoms with Crippen molar-refractivity contribution in [3.05, 3.63) is 18.3 Å². The fourth-order valence-corrected chi connectivity index (χ4v) is 3.62. The van der Waals surface area contributed by atoms with Crippen LogP contribution < -0.4 is 15.5 Å². The summed E-state index contributed by atoms with van der Waals surface area (Å²) in [4.78, 5) is 19.1. The van der Waals surface area contributed by atoms with E-state index >= 15 is 0 Å². The Morgan fingerprint density at radius 1 is 1.23 bits per heavy atom. The molecule has 3 rings (SSSR count). The van der Waals surface area contributed by atoms with Crippen LogP contribution in [-0.4, -0.2) is 37.1 Å². The van der Waals surface area contributed by atoms with Gasteiger partial charge < -0.3 is 15.5 Å². The van der Waals surface area contributed by atoms with Crippen molar-refractivity contribution in [3.63, 3.8) is 0 Å². The average Bonchev–Trinajstić information content (AvgIpc) is 2.90. The summed E-state index contributed by atoms with van der Waals surface area (Å²) in [6.07, 6.45) is 1.85. The molecule has 1 aromatic heterocycles. The zero-order valence-corrected chi connectivity index (χ0v) is 13.9. The highest BCUT2D eigenvalue weighted by Gasteiger charge is 2.68. The van der Waals surface area contributed by atoms with E-state index in [0.29, 0.717) is 5.82 Å². The number of nitrogens with zero attached hydrogens (tertiary/aromatic N) is 2. The fraction of sp³-hybridized carbons (Fsp3) is 0.647. The van der Waals surface area contributed by atoms with Gasteiger partial charge in [0.1, 0.15) is 5.82 Å². The average molecular weight is 302 g/mol. The van der Waals surface area contributed by atoms with Crippen LogP contribution in [0.4, 0.5) is 11.5 Å². The van der Waals surface area contributed by atoms with E-state index in [1.54, 1.807) is 0 Å². The first-order valence-electron chi connectivity index (χ1n) is 8.06. The summed E-state index contributed by atoms with van der Waals surface area (Å²) in [6.45, 7) is 12.6. The maximum atomic E-state index is 12.4. The van der Waals surface area contributed by atoms with Crippen LogP contribution in [0.2, 0.25) is 0 Å². The lowest BCUT2D eigenvalue weighted by atomic mass is 10.0. The molecule has 0 atom stereocenters. The number of pyridine rings is 1. The number of rotatable bonds is 3. The number of carbonyl (C=O) groups is 1. The lowest BCUT2D eigenvalue weighted by Crippen LogP contribution is -2.43. The topological polar surface area (TPSA) is 57.3 Å². The van der Waals surface area contributed by atoms with Crippen LogP contribution in [0.3, 0.4) is 0 Å². The van der Waals surface area contributed by atoms with Crippen molar-refractivity contribution >= 4 is 17.4 Å². The number of anilines is 2. The third-order valence-corrected chi connectivity index (χ3v) is 5.76. The summed E-state index contributed by atoms with van der Waals surface area (Å²) < 4.78 is 0. The van der Waals surface area contributed by atoms with Gasteiger partial charge in [-0.3, -0.25) is 4.79 Å². The molecule has 0 aromatic carbocycles. The van der Waals surface area contributed by atoms with Gasteiger partial charge >= 0.3 is 0 Å². The van der Waals surface area contributed by atoms with Crippen LogP contribution in [0.15, 0.2) is 18.3 Å². The highest BCUT2D eigenvalue weighted by molar-refractivity contribution is 5.95. The molecule has 2 aliphatic rings. The quantitative estimate of drug-likeness (QED) is 0.898. The molecule has 120 valence electrons. The predicted molar refractivity (Wildman–Crippen MR) is 89.0 cm³/mol. The molecule has 2 fully saturated rings. The van der Waals surface area contributed by atoms with Gasteiger partial charge in [0.15, 0.2) is 0 Å². The smallest absolute Gasteiger partial charge is 0.229 e. The van der Waals surface area contributed by atoms with Crippen LogP contribution in [0.5, 0.6) is 0 Å². The molecule has 2 heterocycles. The molecule has 2 N–H and O–H groups in total. The Kier molecular flexibility index (Phi) is 3.63. The van der Waals surface area contributed by atoms with E-state index in [0.717, 1.165) is 31.9 Å². The van der Waals surface area contributed by atoms with Gasteiger partial charge in [-0.15, -0.1) is 0 Å². The summed E-state index contributed by atoms with van der Waals surface area (Å²) in [6, 6.07) is 3.94. The van der Waals surface area contributed by atoms with Crippen LogP contribution in [0.25, 0.3) is 0 Å². The first kappa shape index (κ1) is 15.3. The van der Waals surface area contributed by atoms with Crippen molar-refractivity contribution in [2.75, 3.05) is 36.4 Å². The fourth-order valence-electron chi connectivity index (χ4n) is 3.62. The molecule has 5 nitrogen and oxygen atoms in total. The van der Waals surface area contributed by atoms with Crippen molar-refractivity contribution in [2.45, 2.75) is 27.7 Å². The summed E-state index contributed by atoms with van der Waals surface area (Å²) in [5, 5.41) is 6.30. The van der Waals surface area contributed by atoms with E-state index in [2.05, 4.69) is 48.2 Å². The monoisotopic (exact) mass is 302 g/mol. The number of hydrogen-bond donors (Lipinski definition) is 2. The third-order valence-electron chi connectivity index (χ3n) is 5.76. The lowest BCUT2D eigenvalue weighted by Gasteiger charge is -2.29. The molecular formula is C17H26N4O. The summed E-state index contributed by atoms with van der Waals surface area (Å²) in [7, 11) is 0. The Bertz CT molecular complexity index is 545. The predicted octanol–water partition coefficient (Wildman–Crippen LogP) is 2.11. The molecule has 1 saturated carbocycles. The van der Waals surface area contributed by atoms with Crippen LogP contribution >= 0.6 is 0 Å². The second-order valence-electron chi connectivity index (χ2n) is 7.50. The van der Waals surface area contributed by atoms with Gasteiger partial charge in [-0.25, -0.2) is 4.98 Å². The number of aromatic nitrogens is 1. The Morgan fingerprint density at radius 2 is 1.86 bits per heavy atom. The molecule has 1 aliphatic carbocycles. The standard InChI is InChI=1S/C17H26N4O/c1-16(2)14(17(16,3)4)15(22)20-13-6-5-12(11-19-13)21-9-7-18-8-10-21/h5-6,11,14,18H,7-10H2,1-4H3,(H,19,20,22). The van der Waals surface area contributed by atoms with Crippen molar-refractivity contribution in [3.8, 4) is 0 Å². The number of nitrogens with one attached hydrogen (secondary N) is 2. The Hall–Kier alpha value is -1.62. The van der Waals surface area contributed by atoms with Gasteiger partial charge in [0.25, 0.3) is 0 Å². The molecule has 0 bridgehead atoms. The SMILES string of the molecule is CC1(C)C(C(=O)Nc2ccc(N3CCNCC3)cn2)C1(C)C. The highest BCUT2D eigenvalue weighted by Crippen LogP contribution is 2.68. The summed E-state index contributed by atoms with van der Waals surface area (Å²) in [5.74, 6) is 0.773. The van der Waals surface area contributed by atoms with Crippen LogP contribution in [0.1, 0.15) is 27.7 Å². The number of piperazine rings is 1. The van der Waals surface area contributed by atoms with Crippen LogP contribution in [-0.2, 0) is 4.79 Å². The van der Waals surface area contributed by atoms with Crippen molar-refractivity contribution in [1.29, 1.82) is 0 Å². The van der Waals surface area contributed by atoms with Gasteiger partial charge in [-0.1, -0.05) is 27.7 Å². The molecule has 0 unspecified atom stereocenters. The first-order valence-corrected chi connectivity index (χ1v) is 8.06. The molecule has 1 saturated heterocycles. The normalized spacial score (nSPS) is 23.2. The number of carbonyl (C=O) groups excluding carboxylic acids is 1. The molecule has 1 aliphatic heterocycles. The number of amides is 1. The largest absolute Gasteiger partial charge is 0.368 e. The van der Waals surface area contributed by atoms with Crippen molar-refractivity contribution in [2.24, 2.45) is 16.7 Å². The second-order valence-corrected chi connectivity index (χ2v) is 7.50. The van der Waals surface area contributed by atoms with Crippen molar-refractivity contribution in [1.82, 2.24) is 10.3 Å². The summed E-state index contributed by atoms with van der Waals surface area (Å²) >= 11 is 0. The van der Waals surface area contributed by atoms with E-state index in [1.807, 2.05) is 18.3 Å². The molecule has 1 amide bonds. The number of hydrogen-bond acceptors (Lipinski definition) is 4. The Labute approximate surface area is 132 Å². The van der Waals surface area contributed by atoms with E-state index in [1.165, 1.54) is 0 Å². The molecule has 22 heavy (non-hydrogen) atoms. The maximum Gasteiger partial charge on any atom is 0.229 e. The second kappa shape index (κ2) is 5.23. The Morgan fingerprint density at radius 3 is 2.36 bits per heavy atom. The molecular weight excluding hydrogens is 276 g/mol. The summed E-state index contributed by atoms with van der Waals surface area (Å²) in [5.41, 5.74) is 1.22. The van der Waals surface area contributed by atoms with E-state index in [-0.39, 0.29) is 22.7 Å². The van der Waals surface area contributed by atoms with E-state index in [4.69, 9.17) is 0 Å². The maximum absolute atomic E-state index is 12.4. The van der Waals surface area contributed by atoms with Gasteiger partial charge in [-0.05, 0) is 23.0 Å². The minimum absolute atomic E-state index is 0.0506. The van der Waals surface area contributed by atoms with Gasteiger partial charge in [0, 0.05) is 32.1 Å². The zero-order valence-electron chi connectivity index (χ0n) is 13.9. The minimum atomic E-state index is 0.0506. The van der Waals surface area contributed by atoms with E-state index < -0.39 is 0 Å². The zero-order chi connectivity index (χ0) is 16.0. The lowest BCUT2D eigenvalue weighted by molar-refractivity contribution is -0.118. The van der Waals surface area contributed by atoms with Crippen molar-refractivity contribution < 1.29 is 4.79 Å². The van der Waals surface area contributed by atoms with E-state index in [9.17, 15) is 4.79 Å². The molecule has 1 aromatic rings.